The van der Waals surface area contributed by atoms with Gasteiger partial charge in [-0.15, -0.1) is 11.8 Å². The first-order valence-corrected chi connectivity index (χ1v) is 10.6. The van der Waals surface area contributed by atoms with Gasteiger partial charge in [0.25, 0.3) is 0 Å². The number of hydrogen-bond acceptors (Lipinski definition) is 5. The van der Waals surface area contributed by atoms with E-state index in [0.29, 0.717) is 5.88 Å². The molecule has 10 heteroatoms. The topological polar surface area (TPSA) is 86.4 Å². The SMILES string of the molecule is CC(C)(Oc1ccc(SCn2ncn(-c3ccc(Br)cc3)c2=O)cc1Cl)C(=O)O. The first kappa shape index (κ1) is 21.5. The minimum absolute atomic E-state index is 0.255. The molecule has 152 valence electrons. The molecule has 0 saturated heterocycles. The second kappa shape index (κ2) is 8.64. The van der Waals surface area contributed by atoms with Gasteiger partial charge in [0.05, 0.1) is 16.6 Å². The second-order valence-corrected chi connectivity index (χ2v) is 8.88. The fraction of sp³-hybridized carbons (Fsp3) is 0.211. The summed E-state index contributed by atoms with van der Waals surface area (Å²) >= 11 is 11.0. The molecule has 0 saturated carbocycles. The summed E-state index contributed by atoms with van der Waals surface area (Å²) in [5.74, 6) is -0.521. The summed E-state index contributed by atoms with van der Waals surface area (Å²) in [4.78, 5) is 24.5. The zero-order valence-corrected chi connectivity index (χ0v) is 18.7. The van der Waals surface area contributed by atoms with Crippen molar-refractivity contribution in [2.75, 3.05) is 0 Å². The molecule has 3 rings (SSSR count). The third-order valence-corrected chi connectivity index (χ3v) is 5.76. The number of hydrogen-bond donors (Lipinski definition) is 1. The van der Waals surface area contributed by atoms with E-state index in [0.717, 1.165) is 15.1 Å². The lowest BCUT2D eigenvalue weighted by Crippen LogP contribution is -2.37. The summed E-state index contributed by atoms with van der Waals surface area (Å²) in [6, 6.07) is 12.4. The smallest absolute Gasteiger partial charge is 0.351 e. The molecular formula is C19H17BrClN3O4S. The number of halogens is 2. The second-order valence-electron chi connectivity index (χ2n) is 6.54. The quantitative estimate of drug-likeness (QED) is 0.485. The highest BCUT2D eigenvalue weighted by Gasteiger charge is 2.30. The van der Waals surface area contributed by atoms with Crippen molar-refractivity contribution < 1.29 is 14.6 Å². The van der Waals surface area contributed by atoms with Crippen LogP contribution in [0.3, 0.4) is 0 Å². The van der Waals surface area contributed by atoms with Gasteiger partial charge in [0.15, 0.2) is 5.60 Å². The average molecular weight is 499 g/mol. The van der Waals surface area contributed by atoms with Gasteiger partial charge in [-0.05, 0) is 56.3 Å². The van der Waals surface area contributed by atoms with Crippen LogP contribution in [0.2, 0.25) is 5.02 Å². The Morgan fingerprint density at radius 3 is 2.59 bits per heavy atom. The van der Waals surface area contributed by atoms with Crippen molar-refractivity contribution in [2.24, 2.45) is 0 Å². The molecule has 0 spiro atoms. The molecule has 0 atom stereocenters. The van der Waals surface area contributed by atoms with Gasteiger partial charge in [-0.1, -0.05) is 27.5 Å². The van der Waals surface area contributed by atoms with Crippen molar-refractivity contribution >= 4 is 45.3 Å². The lowest BCUT2D eigenvalue weighted by atomic mass is 10.1. The maximum Gasteiger partial charge on any atom is 0.351 e. The maximum atomic E-state index is 12.6. The zero-order chi connectivity index (χ0) is 21.2. The molecule has 0 amide bonds. The van der Waals surface area contributed by atoms with E-state index in [9.17, 15) is 9.59 Å². The third-order valence-electron chi connectivity index (χ3n) is 3.98. The molecule has 0 bridgehead atoms. The minimum atomic E-state index is -1.40. The lowest BCUT2D eigenvalue weighted by molar-refractivity contribution is -0.152. The number of ether oxygens (including phenoxy) is 1. The highest BCUT2D eigenvalue weighted by atomic mass is 79.9. The molecule has 0 unspecified atom stereocenters. The molecule has 1 aromatic heterocycles. The number of aliphatic carboxylic acids is 1. The Bertz CT molecular complexity index is 1100. The molecule has 29 heavy (non-hydrogen) atoms. The van der Waals surface area contributed by atoms with Crippen LogP contribution in [-0.2, 0) is 10.7 Å². The van der Waals surface area contributed by atoms with Crippen molar-refractivity contribution in [3.05, 3.63) is 68.8 Å². The number of rotatable bonds is 7. The van der Waals surface area contributed by atoms with Gasteiger partial charge >= 0.3 is 11.7 Å². The van der Waals surface area contributed by atoms with E-state index < -0.39 is 11.6 Å². The molecule has 0 aliphatic rings. The summed E-state index contributed by atoms with van der Waals surface area (Å²) < 4.78 is 9.21. The Kier molecular flexibility index (Phi) is 6.40. The number of thioether (sulfide) groups is 1. The highest BCUT2D eigenvalue weighted by Crippen LogP contribution is 2.32. The molecule has 0 aliphatic carbocycles. The van der Waals surface area contributed by atoms with E-state index in [-0.39, 0.29) is 16.5 Å². The van der Waals surface area contributed by atoms with Crippen LogP contribution >= 0.6 is 39.3 Å². The number of carboxylic acids is 1. The zero-order valence-electron chi connectivity index (χ0n) is 15.5. The van der Waals surface area contributed by atoms with E-state index in [2.05, 4.69) is 21.0 Å². The molecule has 0 fully saturated rings. The fourth-order valence-corrected chi connectivity index (χ4v) is 3.67. The first-order chi connectivity index (χ1) is 13.7. The standard InChI is InChI=1S/C19H17BrClN3O4S/c1-19(2,17(25)26)28-16-8-7-14(9-15(16)21)29-11-24-18(27)23(10-22-24)13-5-3-12(20)4-6-13/h3-10H,11H2,1-2H3,(H,25,26). The number of benzene rings is 2. The summed E-state index contributed by atoms with van der Waals surface area (Å²) in [5, 5.41) is 13.6. The van der Waals surface area contributed by atoms with E-state index in [1.807, 2.05) is 24.3 Å². The van der Waals surface area contributed by atoms with Gasteiger partial charge in [0.1, 0.15) is 12.1 Å². The van der Waals surface area contributed by atoms with Crippen molar-refractivity contribution in [1.29, 1.82) is 0 Å². The van der Waals surface area contributed by atoms with E-state index >= 15 is 0 Å². The predicted molar refractivity (Wildman–Crippen MR) is 115 cm³/mol. The van der Waals surface area contributed by atoms with Crippen LogP contribution in [0.25, 0.3) is 5.69 Å². The number of nitrogens with zero attached hydrogens (tertiary/aromatic N) is 3. The molecule has 1 heterocycles. The Morgan fingerprint density at radius 1 is 1.28 bits per heavy atom. The lowest BCUT2D eigenvalue weighted by Gasteiger charge is -2.22. The number of carbonyl (C=O) groups is 1. The summed E-state index contributed by atoms with van der Waals surface area (Å²) in [6.45, 7) is 2.89. The van der Waals surface area contributed by atoms with Crippen LogP contribution in [0.4, 0.5) is 0 Å². The Labute approximate surface area is 184 Å². The van der Waals surface area contributed by atoms with Crippen molar-refractivity contribution in [3.63, 3.8) is 0 Å². The Balaban J connectivity index is 1.71. The van der Waals surface area contributed by atoms with E-state index in [1.165, 1.54) is 41.2 Å². The summed E-state index contributed by atoms with van der Waals surface area (Å²) in [6.07, 6.45) is 1.48. The molecule has 1 N–H and O–H groups in total. The van der Waals surface area contributed by atoms with Gasteiger partial charge < -0.3 is 9.84 Å². The normalized spacial score (nSPS) is 11.4. The Morgan fingerprint density at radius 2 is 1.97 bits per heavy atom. The maximum absolute atomic E-state index is 12.6. The van der Waals surface area contributed by atoms with Crippen LogP contribution in [0.5, 0.6) is 5.75 Å². The van der Waals surface area contributed by atoms with Crippen LogP contribution in [-0.4, -0.2) is 31.0 Å². The van der Waals surface area contributed by atoms with Gasteiger partial charge in [0, 0.05) is 9.37 Å². The van der Waals surface area contributed by atoms with Gasteiger partial charge in [-0.2, -0.15) is 5.10 Å². The van der Waals surface area contributed by atoms with E-state index in [4.69, 9.17) is 21.4 Å². The predicted octanol–water partition coefficient (Wildman–Crippen LogP) is 4.44. The van der Waals surface area contributed by atoms with Gasteiger partial charge in [-0.3, -0.25) is 0 Å². The van der Waals surface area contributed by atoms with E-state index in [1.54, 1.807) is 18.2 Å². The third kappa shape index (κ3) is 5.04. The average Bonchev–Trinajstić information content (AvgIpc) is 3.03. The largest absolute Gasteiger partial charge is 0.478 e. The first-order valence-electron chi connectivity index (χ1n) is 8.42. The van der Waals surface area contributed by atoms with Crippen LogP contribution in [0.1, 0.15) is 13.8 Å². The van der Waals surface area contributed by atoms with Gasteiger partial charge in [-0.25, -0.2) is 18.8 Å². The molecule has 0 aliphatic heterocycles. The minimum Gasteiger partial charge on any atom is -0.478 e. The van der Waals surface area contributed by atoms with Crippen molar-refractivity contribution in [1.82, 2.24) is 14.3 Å². The molecule has 2 aromatic carbocycles. The van der Waals surface area contributed by atoms with Crippen LogP contribution in [0.15, 0.2) is 63.0 Å². The fourth-order valence-electron chi connectivity index (χ4n) is 2.31. The highest BCUT2D eigenvalue weighted by molar-refractivity contribution is 9.10. The van der Waals surface area contributed by atoms with Crippen molar-refractivity contribution in [3.8, 4) is 11.4 Å². The van der Waals surface area contributed by atoms with Crippen LogP contribution < -0.4 is 10.4 Å². The molecule has 3 aromatic rings. The summed E-state index contributed by atoms with van der Waals surface area (Å²) in [5.41, 5.74) is -0.931. The van der Waals surface area contributed by atoms with Crippen LogP contribution in [0, 0.1) is 0 Å². The molecule has 0 radical (unpaired) electrons. The monoisotopic (exact) mass is 497 g/mol. The molecular weight excluding hydrogens is 482 g/mol. The van der Waals surface area contributed by atoms with Gasteiger partial charge in [0.2, 0.25) is 0 Å². The summed E-state index contributed by atoms with van der Waals surface area (Å²) in [7, 11) is 0. The molecule has 7 nitrogen and oxygen atoms in total. The number of carboxylic acid groups (broad SMARTS) is 1. The Hall–Kier alpha value is -2.23. The number of aromatic nitrogens is 3. The van der Waals surface area contributed by atoms with Crippen molar-refractivity contribution in [2.45, 2.75) is 30.2 Å².